The Labute approximate surface area is 83.4 Å². The number of hydrogen-bond donors (Lipinski definition) is 0. The number of benzene rings is 1. The topological polar surface area (TPSA) is 12.9 Å². The third-order valence-electron chi connectivity index (χ3n) is 1.57. The first-order valence-corrected chi connectivity index (χ1v) is 4.74. The highest BCUT2D eigenvalue weighted by Gasteiger charge is 1.92. The van der Waals surface area contributed by atoms with E-state index in [2.05, 4.69) is 4.98 Å². The third-order valence-corrected chi connectivity index (χ3v) is 1.80. The van der Waals surface area contributed by atoms with Crippen molar-refractivity contribution in [3.63, 3.8) is 0 Å². The summed E-state index contributed by atoms with van der Waals surface area (Å²) in [6, 6.07) is 9.56. The monoisotopic (exact) mass is 193 g/mol. The number of aromatic nitrogens is 1. The van der Waals surface area contributed by atoms with Crippen molar-refractivity contribution in [2.24, 2.45) is 0 Å². The zero-order chi connectivity index (χ0) is 9.68. The minimum Gasteiger partial charge on any atom is -0.256 e. The molecule has 0 saturated carbocycles. The van der Waals surface area contributed by atoms with Gasteiger partial charge in [-0.3, -0.25) is 4.98 Å². The van der Waals surface area contributed by atoms with E-state index in [1.807, 2.05) is 44.2 Å². The van der Waals surface area contributed by atoms with Gasteiger partial charge >= 0.3 is 0 Å². The van der Waals surface area contributed by atoms with Crippen LogP contribution in [0.5, 0.6) is 0 Å². The van der Waals surface area contributed by atoms with Gasteiger partial charge in [-0.2, -0.15) is 0 Å². The van der Waals surface area contributed by atoms with Crippen molar-refractivity contribution in [3.05, 3.63) is 41.6 Å². The molecular formula is C11H12ClN. The molecule has 0 aliphatic rings. The van der Waals surface area contributed by atoms with Gasteiger partial charge in [-0.25, -0.2) is 0 Å². The van der Waals surface area contributed by atoms with Gasteiger partial charge in [0.1, 0.15) is 0 Å². The van der Waals surface area contributed by atoms with E-state index in [4.69, 9.17) is 11.6 Å². The van der Waals surface area contributed by atoms with Crippen molar-refractivity contribution in [2.75, 3.05) is 0 Å². The van der Waals surface area contributed by atoms with Gasteiger partial charge in [-0.05, 0) is 24.3 Å². The van der Waals surface area contributed by atoms with Crippen LogP contribution >= 0.6 is 11.6 Å². The van der Waals surface area contributed by atoms with Crippen LogP contribution < -0.4 is 0 Å². The molecule has 0 spiro atoms. The van der Waals surface area contributed by atoms with Crippen molar-refractivity contribution < 1.29 is 0 Å². The molecule has 2 rings (SSSR count). The molecule has 1 aromatic heterocycles. The molecule has 13 heavy (non-hydrogen) atoms. The molecule has 1 nitrogen and oxygen atoms in total. The summed E-state index contributed by atoms with van der Waals surface area (Å²) in [6.07, 6.45) is 1.77. The minimum absolute atomic E-state index is 0.755. The molecular weight excluding hydrogens is 182 g/mol. The number of pyridine rings is 1. The van der Waals surface area contributed by atoms with Crippen LogP contribution in [-0.4, -0.2) is 4.98 Å². The Kier molecular flexibility index (Phi) is 3.71. The van der Waals surface area contributed by atoms with E-state index in [0.717, 1.165) is 15.9 Å². The molecule has 0 unspecified atom stereocenters. The SMILES string of the molecule is CC.Clc1ccc2ncccc2c1. The fourth-order valence-corrected chi connectivity index (χ4v) is 1.23. The Balaban J connectivity index is 0.000000396. The van der Waals surface area contributed by atoms with E-state index >= 15 is 0 Å². The maximum absolute atomic E-state index is 5.79. The van der Waals surface area contributed by atoms with Crippen molar-refractivity contribution in [1.29, 1.82) is 0 Å². The summed E-state index contributed by atoms with van der Waals surface area (Å²) in [7, 11) is 0. The summed E-state index contributed by atoms with van der Waals surface area (Å²) in [6.45, 7) is 4.00. The maximum Gasteiger partial charge on any atom is 0.0702 e. The number of nitrogens with zero attached hydrogens (tertiary/aromatic N) is 1. The Morgan fingerprint density at radius 1 is 1.15 bits per heavy atom. The highest BCUT2D eigenvalue weighted by atomic mass is 35.5. The predicted molar refractivity (Wildman–Crippen MR) is 58.1 cm³/mol. The number of rotatable bonds is 0. The van der Waals surface area contributed by atoms with Crippen molar-refractivity contribution in [1.82, 2.24) is 4.98 Å². The van der Waals surface area contributed by atoms with Gasteiger partial charge in [0, 0.05) is 16.6 Å². The van der Waals surface area contributed by atoms with Gasteiger partial charge in [-0.1, -0.05) is 31.5 Å². The molecule has 0 N–H and O–H groups in total. The molecule has 1 heterocycles. The van der Waals surface area contributed by atoms with Crippen LogP contribution in [0.2, 0.25) is 5.02 Å². The van der Waals surface area contributed by atoms with Crippen LogP contribution in [-0.2, 0) is 0 Å². The van der Waals surface area contributed by atoms with Gasteiger partial charge in [-0.15, -0.1) is 0 Å². The van der Waals surface area contributed by atoms with Crippen LogP contribution in [0, 0.1) is 0 Å². The van der Waals surface area contributed by atoms with Gasteiger partial charge in [0.15, 0.2) is 0 Å². The normalized spacial score (nSPS) is 9.15. The van der Waals surface area contributed by atoms with Crippen molar-refractivity contribution >= 4 is 22.5 Å². The molecule has 0 atom stereocenters. The summed E-state index contributed by atoms with van der Waals surface area (Å²) in [5.41, 5.74) is 0.983. The van der Waals surface area contributed by atoms with Gasteiger partial charge in [0.05, 0.1) is 5.52 Å². The van der Waals surface area contributed by atoms with E-state index in [1.54, 1.807) is 6.20 Å². The largest absolute Gasteiger partial charge is 0.256 e. The van der Waals surface area contributed by atoms with Crippen LogP contribution in [0.4, 0.5) is 0 Å². The second-order valence-corrected chi connectivity index (χ2v) is 2.78. The van der Waals surface area contributed by atoms with Crippen LogP contribution in [0.25, 0.3) is 10.9 Å². The Morgan fingerprint density at radius 2 is 1.92 bits per heavy atom. The van der Waals surface area contributed by atoms with Crippen molar-refractivity contribution in [2.45, 2.75) is 13.8 Å². The third kappa shape index (κ3) is 2.43. The highest BCUT2D eigenvalue weighted by Crippen LogP contribution is 2.16. The molecule has 0 radical (unpaired) electrons. The summed E-state index contributed by atoms with van der Waals surface area (Å²) in [5, 5.41) is 1.84. The summed E-state index contributed by atoms with van der Waals surface area (Å²) >= 11 is 5.79. The minimum atomic E-state index is 0.755. The van der Waals surface area contributed by atoms with Crippen LogP contribution in [0.1, 0.15) is 13.8 Å². The lowest BCUT2D eigenvalue weighted by Crippen LogP contribution is -1.75. The van der Waals surface area contributed by atoms with Crippen LogP contribution in [0.3, 0.4) is 0 Å². The summed E-state index contributed by atoms with van der Waals surface area (Å²) in [4.78, 5) is 4.16. The molecule has 0 amide bonds. The first kappa shape index (κ1) is 10.0. The average molecular weight is 194 g/mol. The summed E-state index contributed by atoms with van der Waals surface area (Å²) in [5.74, 6) is 0. The fourth-order valence-electron chi connectivity index (χ4n) is 1.05. The first-order valence-electron chi connectivity index (χ1n) is 4.36. The molecule has 2 heteroatoms. The van der Waals surface area contributed by atoms with Crippen LogP contribution in [0.15, 0.2) is 36.5 Å². The second-order valence-electron chi connectivity index (χ2n) is 2.34. The number of fused-ring (bicyclic) bond motifs is 1. The Bertz CT molecular complexity index is 385. The fraction of sp³-hybridized carbons (Fsp3) is 0.182. The molecule has 1 aromatic carbocycles. The van der Waals surface area contributed by atoms with Gasteiger partial charge in [0.25, 0.3) is 0 Å². The zero-order valence-corrected chi connectivity index (χ0v) is 8.55. The quantitative estimate of drug-likeness (QED) is 0.618. The molecule has 0 aliphatic carbocycles. The average Bonchev–Trinajstić information content (AvgIpc) is 2.21. The van der Waals surface area contributed by atoms with E-state index in [-0.39, 0.29) is 0 Å². The number of hydrogen-bond acceptors (Lipinski definition) is 1. The highest BCUT2D eigenvalue weighted by molar-refractivity contribution is 6.31. The van der Waals surface area contributed by atoms with E-state index in [9.17, 15) is 0 Å². The first-order chi connectivity index (χ1) is 6.36. The molecule has 0 aliphatic heterocycles. The van der Waals surface area contributed by atoms with E-state index < -0.39 is 0 Å². The van der Waals surface area contributed by atoms with Crippen molar-refractivity contribution in [3.8, 4) is 0 Å². The Hall–Kier alpha value is -1.08. The zero-order valence-electron chi connectivity index (χ0n) is 7.79. The van der Waals surface area contributed by atoms with Gasteiger partial charge < -0.3 is 0 Å². The predicted octanol–water partition coefficient (Wildman–Crippen LogP) is 3.91. The van der Waals surface area contributed by atoms with E-state index in [1.165, 1.54) is 0 Å². The molecule has 0 bridgehead atoms. The van der Waals surface area contributed by atoms with Gasteiger partial charge in [0.2, 0.25) is 0 Å². The summed E-state index contributed by atoms with van der Waals surface area (Å²) < 4.78 is 0. The maximum atomic E-state index is 5.79. The smallest absolute Gasteiger partial charge is 0.0702 e. The Morgan fingerprint density at radius 3 is 2.69 bits per heavy atom. The molecule has 0 fully saturated rings. The molecule has 0 saturated heterocycles. The standard InChI is InChI=1S/C9H6ClN.C2H6/c10-8-3-4-9-7(6-8)2-1-5-11-9;1-2/h1-6H;1-2H3. The number of halogens is 1. The lowest BCUT2D eigenvalue weighted by atomic mass is 10.2. The lowest BCUT2D eigenvalue weighted by molar-refractivity contribution is 1.41. The van der Waals surface area contributed by atoms with E-state index in [0.29, 0.717) is 0 Å². The second kappa shape index (κ2) is 4.83. The lowest BCUT2D eigenvalue weighted by Gasteiger charge is -1.94. The molecule has 2 aromatic rings. The molecule has 68 valence electrons.